The lowest BCUT2D eigenvalue weighted by molar-refractivity contribution is 1.07. The molecule has 70 heavy (non-hydrogen) atoms. The third kappa shape index (κ3) is 7.13. The summed E-state index contributed by atoms with van der Waals surface area (Å²) >= 11 is 0. The summed E-state index contributed by atoms with van der Waals surface area (Å²) in [4.78, 5) is 19.4. The first-order chi connectivity index (χ1) is 34.6. The summed E-state index contributed by atoms with van der Waals surface area (Å²) in [7, 11) is 0. The first-order valence-electron chi connectivity index (χ1n) is 23.5. The molecule has 4 heteroatoms. The molecule has 0 amide bonds. The molecule has 4 nitrogen and oxygen atoms in total. The first-order valence-corrected chi connectivity index (χ1v) is 23.5. The van der Waals surface area contributed by atoms with Gasteiger partial charge in [-0.2, -0.15) is 0 Å². The lowest BCUT2D eigenvalue weighted by Gasteiger charge is -2.14. The molecule has 1 aliphatic rings. The van der Waals surface area contributed by atoms with Crippen molar-refractivity contribution in [2.45, 2.75) is 0 Å². The van der Waals surface area contributed by atoms with E-state index in [1.54, 1.807) is 0 Å². The third-order valence-electron chi connectivity index (χ3n) is 13.7. The van der Waals surface area contributed by atoms with E-state index in [0.717, 1.165) is 66.8 Å². The molecular formula is C66H40N4. The molecule has 11 aromatic carbocycles. The molecule has 0 unspecified atom stereocenters. The molecule has 0 spiro atoms. The van der Waals surface area contributed by atoms with Crippen molar-refractivity contribution in [3.05, 3.63) is 254 Å². The van der Waals surface area contributed by atoms with Crippen LogP contribution in [-0.2, 0) is 0 Å². The van der Waals surface area contributed by atoms with E-state index in [-0.39, 0.29) is 0 Å². The van der Waals surface area contributed by atoms with Crippen molar-refractivity contribution >= 4 is 27.2 Å². The van der Waals surface area contributed by atoms with E-state index >= 15 is 0 Å². The predicted molar refractivity (Wildman–Crippen MR) is 289 cm³/mol. The van der Waals surface area contributed by atoms with Crippen LogP contribution in [0.5, 0.6) is 0 Å². The van der Waals surface area contributed by atoms with Gasteiger partial charge in [0.25, 0.3) is 0 Å². The Hall–Kier alpha value is -9.56. The van der Waals surface area contributed by atoms with Gasteiger partial charge in [-0.15, -0.1) is 0 Å². The molecule has 1 aliphatic carbocycles. The second-order valence-electron chi connectivity index (χ2n) is 17.8. The minimum atomic E-state index is 0.597. The molecule has 324 valence electrons. The van der Waals surface area contributed by atoms with E-state index in [4.69, 9.17) is 21.5 Å². The zero-order chi connectivity index (χ0) is 46.5. The maximum absolute atomic E-state index is 8.11. The zero-order valence-electron chi connectivity index (χ0n) is 37.9. The van der Waals surface area contributed by atoms with Gasteiger partial charge in [0.05, 0.1) is 6.57 Å². The summed E-state index contributed by atoms with van der Waals surface area (Å²) in [5.41, 5.74) is 19.1. The first kappa shape index (κ1) is 40.7. The molecule has 1 aromatic heterocycles. The van der Waals surface area contributed by atoms with Gasteiger partial charge in [-0.05, 0) is 118 Å². The van der Waals surface area contributed by atoms with E-state index < -0.39 is 0 Å². The van der Waals surface area contributed by atoms with Crippen LogP contribution >= 0.6 is 0 Å². The molecule has 0 atom stereocenters. The van der Waals surface area contributed by atoms with Crippen molar-refractivity contribution in [2.24, 2.45) is 0 Å². The monoisotopic (exact) mass is 888 g/mol. The van der Waals surface area contributed by atoms with Gasteiger partial charge in [0.1, 0.15) is 0 Å². The summed E-state index contributed by atoms with van der Waals surface area (Å²) in [6, 6.07) is 85.2. The van der Waals surface area contributed by atoms with Crippen molar-refractivity contribution in [3.8, 4) is 112 Å². The highest BCUT2D eigenvalue weighted by atomic mass is 15.0. The van der Waals surface area contributed by atoms with Crippen LogP contribution in [0.2, 0.25) is 0 Å². The molecule has 0 bridgehead atoms. The van der Waals surface area contributed by atoms with Crippen LogP contribution in [0.1, 0.15) is 0 Å². The van der Waals surface area contributed by atoms with Gasteiger partial charge in [0.2, 0.25) is 0 Å². The summed E-state index contributed by atoms with van der Waals surface area (Å²) in [6.07, 6.45) is 0. The number of rotatable bonds is 8. The number of nitrogens with zero attached hydrogens (tertiary/aromatic N) is 4. The summed E-state index contributed by atoms with van der Waals surface area (Å²) in [6.45, 7) is 8.11. The second kappa shape index (κ2) is 16.9. The Bertz CT molecular complexity index is 4060. The molecule has 12 aromatic rings. The lowest BCUT2D eigenvalue weighted by atomic mass is 9.93. The van der Waals surface area contributed by atoms with Crippen LogP contribution in [-0.4, -0.2) is 15.0 Å². The van der Waals surface area contributed by atoms with Crippen LogP contribution in [0, 0.1) is 6.57 Å². The molecule has 0 radical (unpaired) electrons. The fraction of sp³-hybridized carbons (Fsp3) is 0. The van der Waals surface area contributed by atoms with Crippen molar-refractivity contribution in [1.82, 2.24) is 15.0 Å². The van der Waals surface area contributed by atoms with Crippen molar-refractivity contribution in [3.63, 3.8) is 0 Å². The van der Waals surface area contributed by atoms with Gasteiger partial charge in [-0.3, -0.25) is 0 Å². The van der Waals surface area contributed by atoms with Crippen LogP contribution in [0.3, 0.4) is 0 Å². The fourth-order valence-electron chi connectivity index (χ4n) is 10.3. The summed E-state index contributed by atoms with van der Waals surface area (Å²) in [5.74, 6) is 1.82. The van der Waals surface area contributed by atoms with Crippen LogP contribution in [0.25, 0.3) is 138 Å². The second-order valence-corrected chi connectivity index (χ2v) is 17.8. The van der Waals surface area contributed by atoms with Crippen LogP contribution in [0.4, 0.5) is 5.69 Å². The Morgan fingerprint density at radius 1 is 0.257 bits per heavy atom. The van der Waals surface area contributed by atoms with E-state index in [2.05, 4.69) is 205 Å². The minimum Gasteiger partial charge on any atom is -0.238 e. The molecule has 13 rings (SSSR count). The standard InChI is InChI=1S/C66H40N4/c1-67-62-37-35-51(40-60(62)44-32-30-42(31-33-44)50-34-36-56-57-28-12-18-45-19-13-29-58(63(45)57)61(56)41-50)48-21-9-20-47(38-48)49-22-10-23-52(39-49)65-68-64(46-15-3-2-4-16-46)69-66(70-65)59-26-8-7-25-55(59)54-27-11-17-43-14-5-6-24-53(43)54/h2-41H. The number of benzene rings is 11. The Labute approximate surface area is 406 Å². The molecule has 1 heterocycles. The average molecular weight is 889 g/mol. The van der Waals surface area contributed by atoms with Gasteiger partial charge in [-0.1, -0.05) is 224 Å². The predicted octanol–water partition coefficient (Wildman–Crippen LogP) is 17.7. The number of hydrogen-bond acceptors (Lipinski definition) is 3. The summed E-state index contributed by atoms with van der Waals surface area (Å²) in [5, 5.41) is 4.96. The maximum atomic E-state index is 8.11. The SMILES string of the molecule is [C-]#[N+]c1ccc(-c2cccc(-c3cccc(-c4nc(-c5ccccc5)nc(-c5ccccc5-c5cccc6ccccc56)n4)c3)c2)cc1-c1ccc(-c2ccc3c(c2)-c2cccc4cccc-3c24)cc1. The van der Waals surface area contributed by atoms with Gasteiger partial charge in [-0.25, -0.2) is 19.8 Å². The fourth-order valence-corrected chi connectivity index (χ4v) is 10.3. The highest BCUT2D eigenvalue weighted by Gasteiger charge is 2.22. The van der Waals surface area contributed by atoms with Crippen LogP contribution in [0.15, 0.2) is 243 Å². The molecule has 0 N–H and O–H groups in total. The Kier molecular flexibility index (Phi) is 9.85. The van der Waals surface area contributed by atoms with Gasteiger partial charge >= 0.3 is 0 Å². The molecule has 0 saturated carbocycles. The quantitative estimate of drug-likeness (QED) is 0.143. The molecule has 0 fully saturated rings. The molecular weight excluding hydrogens is 849 g/mol. The minimum absolute atomic E-state index is 0.597. The topological polar surface area (TPSA) is 43.0 Å². The highest BCUT2D eigenvalue weighted by Crippen LogP contribution is 2.48. The Morgan fingerprint density at radius 3 is 1.47 bits per heavy atom. The van der Waals surface area contributed by atoms with E-state index in [9.17, 15) is 0 Å². The van der Waals surface area contributed by atoms with E-state index in [0.29, 0.717) is 23.2 Å². The average Bonchev–Trinajstić information content (AvgIpc) is 3.76. The zero-order valence-corrected chi connectivity index (χ0v) is 37.9. The Balaban J connectivity index is 0.832. The molecule has 0 aliphatic heterocycles. The maximum Gasteiger partial charge on any atom is 0.194 e. The van der Waals surface area contributed by atoms with Crippen molar-refractivity contribution in [1.29, 1.82) is 0 Å². The van der Waals surface area contributed by atoms with Crippen molar-refractivity contribution < 1.29 is 0 Å². The summed E-state index contributed by atoms with van der Waals surface area (Å²) < 4.78 is 0. The number of aromatic nitrogens is 3. The van der Waals surface area contributed by atoms with Gasteiger partial charge < -0.3 is 0 Å². The van der Waals surface area contributed by atoms with E-state index in [1.165, 1.54) is 49.4 Å². The van der Waals surface area contributed by atoms with Crippen molar-refractivity contribution in [2.75, 3.05) is 0 Å². The van der Waals surface area contributed by atoms with Gasteiger partial charge in [0, 0.05) is 16.7 Å². The third-order valence-corrected chi connectivity index (χ3v) is 13.7. The molecule has 0 saturated heterocycles. The lowest BCUT2D eigenvalue weighted by Crippen LogP contribution is -2.01. The Morgan fingerprint density at radius 2 is 0.714 bits per heavy atom. The number of hydrogen-bond donors (Lipinski definition) is 0. The van der Waals surface area contributed by atoms with Crippen LogP contribution < -0.4 is 0 Å². The normalized spacial score (nSPS) is 11.4. The van der Waals surface area contributed by atoms with Gasteiger partial charge in [0.15, 0.2) is 23.2 Å². The highest BCUT2D eigenvalue weighted by molar-refractivity contribution is 6.15. The largest absolute Gasteiger partial charge is 0.238 e. The number of fused-ring (bicyclic) bond motifs is 4. The van der Waals surface area contributed by atoms with E-state index in [1.807, 2.05) is 42.5 Å². The smallest absolute Gasteiger partial charge is 0.194 e.